The molecule has 2 nitrogen and oxygen atoms in total. The summed E-state index contributed by atoms with van der Waals surface area (Å²) in [6, 6.07) is 30.7. The van der Waals surface area contributed by atoms with E-state index in [4.69, 9.17) is 0 Å². The molecule has 3 aromatic rings. The molecular weight excluding hydrogens is 381 g/mol. The normalized spacial score (nSPS) is 15.6. The number of benzene rings is 3. The van der Waals surface area contributed by atoms with E-state index in [9.17, 15) is 4.57 Å². The largest absolute Gasteiger partial charge is 0.298 e. The Hall–Kier alpha value is -2.32. The van der Waals surface area contributed by atoms with Crippen molar-refractivity contribution in [3.05, 3.63) is 119 Å². The third-order valence-corrected chi connectivity index (χ3v) is 8.07. The molecule has 0 radical (unpaired) electrons. The zero-order valence-corrected chi connectivity index (χ0v) is 17.2. The Morgan fingerprint density at radius 1 is 0.679 bits per heavy atom. The fraction of sp³-hybridized carbons (Fsp3) is 0.0833. The Labute approximate surface area is 170 Å². The number of hydrogen-bond acceptors (Lipinski definition) is 2. The predicted octanol–water partition coefficient (Wildman–Crippen LogP) is 6.84. The van der Waals surface area contributed by atoms with Crippen LogP contribution in [0.2, 0.25) is 0 Å². The van der Waals surface area contributed by atoms with Crippen molar-refractivity contribution in [3.63, 3.8) is 0 Å². The van der Waals surface area contributed by atoms with E-state index in [1.165, 1.54) is 5.56 Å². The lowest BCUT2D eigenvalue weighted by Crippen LogP contribution is -2.13. The maximum Gasteiger partial charge on any atom is 0.192 e. The summed E-state index contributed by atoms with van der Waals surface area (Å²) in [5.74, 6) is 3.84. The molecule has 1 aliphatic rings. The Bertz CT molecular complexity index is 970. The maximum atomic E-state index is 13.7. The van der Waals surface area contributed by atoms with E-state index < -0.39 is 7.29 Å². The number of rotatable bonds is 6. The van der Waals surface area contributed by atoms with E-state index in [0.29, 0.717) is 6.54 Å². The van der Waals surface area contributed by atoms with Crippen LogP contribution in [0, 0.1) is 0 Å². The predicted molar refractivity (Wildman–Crippen MR) is 122 cm³/mol. The first kappa shape index (κ1) is 19.0. The van der Waals surface area contributed by atoms with Gasteiger partial charge in [-0.15, -0.1) is 0 Å². The average Bonchev–Trinajstić information content (AvgIpc) is 2.75. The molecule has 0 aliphatic carbocycles. The topological polar surface area (TPSA) is 29.1 Å². The van der Waals surface area contributed by atoms with Gasteiger partial charge in [0.05, 0.1) is 0 Å². The molecule has 0 amide bonds. The number of nitrogens with one attached hydrogen (secondary N) is 1. The second-order valence-electron chi connectivity index (χ2n) is 6.67. The minimum atomic E-state index is -2.79. The highest BCUT2D eigenvalue weighted by Gasteiger charge is 2.25. The van der Waals surface area contributed by atoms with Crippen molar-refractivity contribution in [2.75, 3.05) is 6.54 Å². The lowest BCUT2D eigenvalue weighted by atomic mass is 10.2. The monoisotopic (exact) mass is 403 g/mol. The van der Waals surface area contributed by atoms with Gasteiger partial charge in [-0.2, -0.15) is 0 Å². The molecule has 140 valence electrons. The summed E-state index contributed by atoms with van der Waals surface area (Å²) in [6.07, 6.45) is 0.848. The molecule has 0 spiro atoms. The Morgan fingerprint density at radius 2 is 1.14 bits per heavy atom. The Balaban J connectivity index is 1.61. The SMILES string of the molecule is O=P1(NCCc2ccccc2)C=C(c2ccccc2)SC(c2ccccc2)=C1. The van der Waals surface area contributed by atoms with Gasteiger partial charge in [-0.25, -0.2) is 0 Å². The van der Waals surface area contributed by atoms with Crippen LogP contribution in [0.4, 0.5) is 0 Å². The molecule has 1 N–H and O–H groups in total. The molecule has 4 rings (SSSR count). The van der Waals surface area contributed by atoms with Gasteiger partial charge >= 0.3 is 0 Å². The van der Waals surface area contributed by atoms with E-state index in [1.807, 2.05) is 66.2 Å². The van der Waals surface area contributed by atoms with Crippen LogP contribution in [0.1, 0.15) is 16.7 Å². The maximum absolute atomic E-state index is 13.7. The van der Waals surface area contributed by atoms with Crippen LogP contribution < -0.4 is 5.09 Å². The quantitative estimate of drug-likeness (QED) is 0.457. The van der Waals surface area contributed by atoms with Gasteiger partial charge in [-0.1, -0.05) is 103 Å². The molecule has 0 saturated carbocycles. The van der Waals surface area contributed by atoms with Crippen LogP contribution in [0.3, 0.4) is 0 Å². The van der Waals surface area contributed by atoms with Crippen molar-refractivity contribution in [2.45, 2.75) is 6.42 Å². The second kappa shape index (κ2) is 8.79. The van der Waals surface area contributed by atoms with Gasteiger partial charge in [-0.05, 0) is 23.1 Å². The lowest BCUT2D eigenvalue weighted by Gasteiger charge is -2.22. The zero-order valence-electron chi connectivity index (χ0n) is 15.5. The van der Waals surface area contributed by atoms with Gasteiger partial charge in [0.15, 0.2) is 7.29 Å². The van der Waals surface area contributed by atoms with Gasteiger partial charge in [0.2, 0.25) is 0 Å². The van der Waals surface area contributed by atoms with Crippen molar-refractivity contribution in [1.29, 1.82) is 0 Å². The van der Waals surface area contributed by atoms with Crippen LogP contribution in [-0.2, 0) is 11.0 Å². The zero-order chi connectivity index (χ0) is 19.2. The molecule has 0 bridgehead atoms. The molecule has 1 aliphatic heterocycles. The third kappa shape index (κ3) is 4.74. The summed E-state index contributed by atoms with van der Waals surface area (Å²) in [4.78, 5) is 2.08. The van der Waals surface area contributed by atoms with Gasteiger partial charge in [0, 0.05) is 28.0 Å². The average molecular weight is 403 g/mol. The molecule has 0 fully saturated rings. The van der Waals surface area contributed by atoms with Crippen LogP contribution in [-0.4, -0.2) is 6.54 Å². The smallest absolute Gasteiger partial charge is 0.192 e. The van der Waals surface area contributed by atoms with Crippen LogP contribution >= 0.6 is 19.1 Å². The van der Waals surface area contributed by atoms with Gasteiger partial charge in [0.25, 0.3) is 0 Å². The highest BCUT2D eigenvalue weighted by molar-refractivity contribution is 8.17. The highest BCUT2D eigenvalue weighted by atomic mass is 32.2. The first-order valence-electron chi connectivity index (χ1n) is 9.35. The Morgan fingerprint density at radius 3 is 1.64 bits per heavy atom. The fourth-order valence-electron chi connectivity index (χ4n) is 3.14. The van der Waals surface area contributed by atoms with E-state index in [0.717, 1.165) is 27.4 Å². The molecular formula is C24H22NOPS. The van der Waals surface area contributed by atoms with E-state index in [1.54, 1.807) is 11.8 Å². The highest BCUT2D eigenvalue weighted by Crippen LogP contribution is 2.58. The van der Waals surface area contributed by atoms with Crippen molar-refractivity contribution in [3.8, 4) is 0 Å². The van der Waals surface area contributed by atoms with Crippen molar-refractivity contribution in [1.82, 2.24) is 5.09 Å². The minimum Gasteiger partial charge on any atom is -0.298 e. The van der Waals surface area contributed by atoms with Crippen molar-refractivity contribution in [2.24, 2.45) is 0 Å². The van der Waals surface area contributed by atoms with E-state index in [2.05, 4.69) is 41.5 Å². The Kier molecular flexibility index (Phi) is 5.97. The molecule has 4 heteroatoms. The first-order valence-corrected chi connectivity index (χ1v) is 12.0. The molecule has 3 aromatic carbocycles. The number of thioether (sulfide) groups is 1. The summed E-state index contributed by atoms with van der Waals surface area (Å²) in [5, 5.41) is 3.34. The molecule has 0 saturated heterocycles. The van der Waals surface area contributed by atoms with Crippen LogP contribution in [0.15, 0.2) is 103 Å². The summed E-state index contributed by atoms with van der Waals surface area (Å²) in [5.41, 5.74) is 3.44. The fourth-order valence-corrected chi connectivity index (χ4v) is 6.96. The lowest BCUT2D eigenvalue weighted by molar-refractivity contribution is 0.577. The summed E-state index contributed by atoms with van der Waals surface area (Å²) >= 11 is 1.68. The van der Waals surface area contributed by atoms with Gasteiger partial charge in [0.1, 0.15) is 0 Å². The number of hydrogen-bond donors (Lipinski definition) is 1. The van der Waals surface area contributed by atoms with Gasteiger partial charge < -0.3 is 0 Å². The van der Waals surface area contributed by atoms with Gasteiger partial charge in [-0.3, -0.25) is 9.65 Å². The van der Waals surface area contributed by atoms with E-state index in [-0.39, 0.29) is 0 Å². The molecule has 0 unspecified atom stereocenters. The van der Waals surface area contributed by atoms with Crippen LogP contribution in [0.5, 0.6) is 0 Å². The van der Waals surface area contributed by atoms with Crippen molar-refractivity contribution < 1.29 is 4.57 Å². The van der Waals surface area contributed by atoms with Crippen molar-refractivity contribution >= 4 is 28.9 Å². The molecule has 0 aromatic heterocycles. The third-order valence-electron chi connectivity index (χ3n) is 4.57. The first-order chi connectivity index (χ1) is 13.7. The second-order valence-corrected chi connectivity index (χ2v) is 10.0. The van der Waals surface area contributed by atoms with E-state index >= 15 is 0 Å². The summed E-state index contributed by atoms with van der Waals surface area (Å²) in [7, 11) is -2.79. The molecule has 28 heavy (non-hydrogen) atoms. The molecule has 0 atom stereocenters. The minimum absolute atomic E-state index is 0.670. The van der Waals surface area contributed by atoms with Crippen LogP contribution in [0.25, 0.3) is 9.81 Å². The summed E-state index contributed by atoms with van der Waals surface area (Å²) < 4.78 is 13.7. The standard InChI is InChI=1S/C24H22NOPS/c26-27(25-17-16-20-10-4-1-5-11-20)18-23(21-12-6-2-7-13-21)28-24(19-27)22-14-8-3-9-15-22/h1-15,18-19H,16-17H2,(H,25,26). The molecule has 1 heterocycles. The summed E-state index contributed by atoms with van der Waals surface area (Å²) in [6.45, 7) is 0.670.